The van der Waals surface area contributed by atoms with Crippen molar-refractivity contribution in [1.29, 1.82) is 5.26 Å². The van der Waals surface area contributed by atoms with E-state index in [0.29, 0.717) is 0 Å². The Hall–Kier alpha value is -2.16. The minimum absolute atomic E-state index is 0.0728. The van der Waals surface area contributed by atoms with E-state index in [4.69, 9.17) is 10.4 Å². The zero-order chi connectivity index (χ0) is 9.84. The van der Waals surface area contributed by atoms with Crippen molar-refractivity contribution in [1.82, 2.24) is 9.97 Å². The van der Waals surface area contributed by atoms with Gasteiger partial charge in [-0.15, -0.1) is 0 Å². The van der Waals surface area contributed by atoms with E-state index >= 15 is 0 Å². The molecule has 0 spiro atoms. The third kappa shape index (κ3) is 1.70. The molecule has 1 rings (SSSR count). The third-order valence-corrected chi connectivity index (χ3v) is 1.27. The summed E-state index contributed by atoms with van der Waals surface area (Å²) in [5.41, 5.74) is -0.442. The Kier molecular flexibility index (Phi) is 2.40. The van der Waals surface area contributed by atoms with E-state index < -0.39 is 5.97 Å². The molecule has 6 heteroatoms. The summed E-state index contributed by atoms with van der Waals surface area (Å²) >= 11 is 0. The number of carboxylic acid groups (broad SMARTS) is 1. The van der Waals surface area contributed by atoms with Gasteiger partial charge in [0.25, 0.3) is 0 Å². The lowest BCUT2D eigenvalue weighted by Crippen LogP contribution is -2.06. The van der Waals surface area contributed by atoms with Crippen LogP contribution in [0.25, 0.3) is 0 Å². The molecule has 0 aliphatic heterocycles. The number of nitriles is 1. The van der Waals surface area contributed by atoms with Crippen LogP contribution in [0.2, 0.25) is 0 Å². The molecular formula is C7H5N3O3. The molecule has 0 saturated heterocycles. The quantitative estimate of drug-likeness (QED) is 0.689. The molecule has 0 aliphatic rings. The maximum atomic E-state index is 10.6. The topological polar surface area (TPSA) is 96.1 Å². The zero-order valence-electron chi connectivity index (χ0n) is 6.68. The van der Waals surface area contributed by atoms with Crippen LogP contribution in [0.15, 0.2) is 6.20 Å². The number of carbonyl (C=O) groups is 1. The van der Waals surface area contributed by atoms with Gasteiger partial charge in [-0.2, -0.15) is 10.2 Å². The Labute approximate surface area is 73.4 Å². The molecule has 0 fully saturated rings. The van der Waals surface area contributed by atoms with Crippen molar-refractivity contribution < 1.29 is 14.6 Å². The number of carboxylic acids is 1. The molecule has 1 heterocycles. The zero-order valence-corrected chi connectivity index (χ0v) is 6.68. The van der Waals surface area contributed by atoms with Gasteiger partial charge in [0.05, 0.1) is 13.3 Å². The highest BCUT2D eigenvalue weighted by Crippen LogP contribution is 2.07. The summed E-state index contributed by atoms with van der Waals surface area (Å²) in [5, 5.41) is 17.1. The Bertz CT molecular complexity index is 383. The van der Waals surface area contributed by atoms with Crippen molar-refractivity contribution in [3.63, 3.8) is 0 Å². The van der Waals surface area contributed by atoms with E-state index in [2.05, 4.69) is 14.7 Å². The summed E-state index contributed by atoms with van der Waals surface area (Å²) in [6.07, 6.45) is 1.11. The van der Waals surface area contributed by atoms with Crippen molar-refractivity contribution in [2.24, 2.45) is 0 Å². The molecule has 6 nitrogen and oxygen atoms in total. The molecule has 0 radical (unpaired) electrons. The molecule has 1 aromatic rings. The second-order valence-corrected chi connectivity index (χ2v) is 2.04. The average Bonchev–Trinajstić information content (AvgIpc) is 2.16. The van der Waals surface area contributed by atoms with Crippen LogP contribution in [-0.2, 0) is 0 Å². The SMILES string of the molecule is COc1ncc(C#N)c(C(=O)O)n1. The number of hydrogen-bond donors (Lipinski definition) is 1. The number of aromatic nitrogens is 2. The summed E-state index contributed by atoms with van der Waals surface area (Å²) in [6.45, 7) is 0. The lowest BCUT2D eigenvalue weighted by molar-refractivity contribution is 0.0688. The highest BCUT2D eigenvalue weighted by Gasteiger charge is 2.13. The molecular weight excluding hydrogens is 174 g/mol. The van der Waals surface area contributed by atoms with Gasteiger partial charge in [0, 0.05) is 0 Å². The first-order valence-corrected chi connectivity index (χ1v) is 3.23. The van der Waals surface area contributed by atoms with E-state index in [1.165, 1.54) is 7.11 Å². The van der Waals surface area contributed by atoms with E-state index in [-0.39, 0.29) is 17.3 Å². The largest absolute Gasteiger partial charge is 0.476 e. The predicted octanol–water partition coefficient (Wildman–Crippen LogP) is 0.0551. The Morgan fingerprint density at radius 1 is 1.77 bits per heavy atom. The fourth-order valence-corrected chi connectivity index (χ4v) is 0.709. The summed E-state index contributed by atoms with van der Waals surface area (Å²) in [4.78, 5) is 17.6. The first-order valence-electron chi connectivity index (χ1n) is 3.23. The maximum Gasteiger partial charge on any atom is 0.356 e. The van der Waals surface area contributed by atoms with Gasteiger partial charge in [0.2, 0.25) is 0 Å². The second-order valence-electron chi connectivity index (χ2n) is 2.04. The highest BCUT2D eigenvalue weighted by atomic mass is 16.5. The van der Waals surface area contributed by atoms with Gasteiger partial charge in [0.15, 0.2) is 5.69 Å². The molecule has 1 aromatic heterocycles. The Balaban J connectivity index is 3.28. The Morgan fingerprint density at radius 3 is 2.92 bits per heavy atom. The minimum atomic E-state index is -1.28. The minimum Gasteiger partial charge on any atom is -0.476 e. The molecule has 0 amide bonds. The summed E-state index contributed by atoms with van der Waals surface area (Å²) in [7, 11) is 1.31. The highest BCUT2D eigenvalue weighted by molar-refractivity contribution is 5.88. The number of ether oxygens (including phenoxy) is 1. The summed E-state index contributed by atoms with van der Waals surface area (Å²) < 4.78 is 4.61. The summed E-state index contributed by atoms with van der Waals surface area (Å²) in [5.74, 6) is -1.28. The van der Waals surface area contributed by atoms with Gasteiger partial charge in [-0.25, -0.2) is 9.78 Å². The normalized spacial score (nSPS) is 8.92. The van der Waals surface area contributed by atoms with E-state index in [0.717, 1.165) is 6.20 Å². The molecule has 0 atom stereocenters. The molecule has 0 aliphatic carbocycles. The average molecular weight is 179 g/mol. The van der Waals surface area contributed by atoms with Crippen molar-refractivity contribution in [2.45, 2.75) is 0 Å². The molecule has 0 unspecified atom stereocenters. The van der Waals surface area contributed by atoms with Gasteiger partial charge in [-0.05, 0) is 0 Å². The van der Waals surface area contributed by atoms with Crippen molar-refractivity contribution in [3.05, 3.63) is 17.5 Å². The van der Waals surface area contributed by atoms with Gasteiger partial charge >= 0.3 is 12.0 Å². The lowest BCUT2D eigenvalue weighted by atomic mass is 10.2. The van der Waals surface area contributed by atoms with Gasteiger partial charge in [0.1, 0.15) is 11.6 Å². The van der Waals surface area contributed by atoms with Crippen LogP contribution in [0.1, 0.15) is 16.1 Å². The van der Waals surface area contributed by atoms with E-state index in [9.17, 15) is 4.79 Å². The standard InChI is InChI=1S/C7H5N3O3/c1-13-7-9-3-4(2-8)5(10-7)6(11)12/h3H,1H3,(H,11,12). The molecule has 0 saturated carbocycles. The predicted molar refractivity (Wildman–Crippen MR) is 40.3 cm³/mol. The van der Waals surface area contributed by atoms with E-state index in [1.54, 1.807) is 6.07 Å². The van der Waals surface area contributed by atoms with Crippen LogP contribution >= 0.6 is 0 Å². The third-order valence-electron chi connectivity index (χ3n) is 1.27. The van der Waals surface area contributed by atoms with Crippen LogP contribution in [0.5, 0.6) is 6.01 Å². The van der Waals surface area contributed by atoms with E-state index in [1.807, 2.05) is 0 Å². The molecule has 66 valence electrons. The van der Waals surface area contributed by atoms with Gasteiger partial charge in [-0.1, -0.05) is 0 Å². The fourth-order valence-electron chi connectivity index (χ4n) is 0.709. The second kappa shape index (κ2) is 3.49. The van der Waals surface area contributed by atoms with Crippen LogP contribution in [0.4, 0.5) is 0 Å². The van der Waals surface area contributed by atoms with Crippen LogP contribution in [0.3, 0.4) is 0 Å². The van der Waals surface area contributed by atoms with Crippen LogP contribution < -0.4 is 4.74 Å². The molecule has 0 bridgehead atoms. The first kappa shape index (κ1) is 8.93. The lowest BCUT2D eigenvalue weighted by Gasteiger charge is -1.99. The van der Waals surface area contributed by atoms with Crippen molar-refractivity contribution >= 4 is 5.97 Å². The molecule has 1 N–H and O–H groups in total. The fraction of sp³-hybridized carbons (Fsp3) is 0.143. The number of nitrogens with zero attached hydrogens (tertiary/aromatic N) is 3. The van der Waals surface area contributed by atoms with Crippen molar-refractivity contribution in [2.75, 3.05) is 7.11 Å². The number of rotatable bonds is 2. The monoisotopic (exact) mass is 179 g/mol. The molecule has 13 heavy (non-hydrogen) atoms. The smallest absolute Gasteiger partial charge is 0.356 e. The van der Waals surface area contributed by atoms with Gasteiger partial charge in [-0.3, -0.25) is 0 Å². The number of aromatic carboxylic acids is 1. The number of hydrogen-bond acceptors (Lipinski definition) is 5. The van der Waals surface area contributed by atoms with Crippen LogP contribution in [0, 0.1) is 11.3 Å². The molecule has 0 aromatic carbocycles. The number of methoxy groups -OCH3 is 1. The van der Waals surface area contributed by atoms with Crippen molar-refractivity contribution in [3.8, 4) is 12.1 Å². The van der Waals surface area contributed by atoms with Crippen LogP contribution in [-0.4, -0.2) is 28.2 Å². The van der Waals surface area contributed by atoms with Gasteiger partial charge < -0.3 is 9.84 Å². The Morgan fingerprint density at radius 2 is 2.46 bits per heavy atom. The first-order chi connectivity index (χ1) is 6.19. The summed E-state index contributed by atoms with van der Waals surface area (Å²) in [6, 6.07) is 1.59. The maximum absolute atomic E-state index is 10.6.